The number of aryl methyl sites for hydroxylation is 1. The Hall–Kier alpha value is -1.58. The normalized spacial score (nSPS) is 9.94. The van der Waals surface area contributed by atoms with Crippen LogP contribution in [-0.4, -0.2) is 55.5 Å². The molecule has 0 aromatic carbocycles. The van der Waals surface area contributed by atoms with E-state index in [-0.39, 0.29) is 0 Å². The molecule has 0 fully saturated rings. The molecule has 0 saturated carbocycles. The van der Waals surface area contributed by atoms with Gasteiger partial charge in [-0.1, -0.05) is 6.07 Å². The second-order valence-electron chi connectivity index (χ2n) is 4.55. The molecule has 1 aromatic heterocycles. The molecular weight excluding hydrogens is 212 g/mol. The van der Waals surface area contributed by atoms with Crippen molar-refractivity contribution in [3.8, 4) is 0 Å². The van der Waals surface area contributed by atoms with Gasteiger partial charge in [0, 0.05) is 53.0 Å². The highest BCUT2D eigenvalue weighted by Gasteiger charge is 2.03. The van der Waals surface area contributed by atoms with E-state index in [2.05, 4.69) is 22.1 Å². The first kappa shape index (κ1) is 13.5. The second-order valence-corrected chi connectivity index (χ2v) is 4.55. The number of hydrogen-bond donors (Lipinski definition) is 0. The van der Waals surface area contributed by atoms with Crippen molar-refractivity contribution < 1.29 is 0 Å². The number of guanidine groups is 1. The zero-order valence-electron chi connectivity index (χ0n) is 11.4. The molecule has 0 atom stereocenters. The monoisotopic (exact) mass is 234 g/mol. The molecule has 0 saturated heterocycles. The van der Waals surface area contributed by atoms with Crippen molar-refractivity contribution in [2.24, 2.45) is 4.99 Å². The highest BCUT2D eigenvalue weighted by atomic mass is 15.3. The predicted molar refractivity (Wildman–Crippen MR) is 72.4 cm³/mol. The lowest BCUT2D eigenvalue weighted by Gasteiger charge is -2.22. The van der Waals surface area contributed by atoms with Gasteiger partial charge in [0.15, 0.2) is 5.96 Å². The Kier molecular flexibility index (Phi) is 4.94. The van der Waals surface area contributed by atoms with E-state index in [1.165, 1.54) is 5.56 Å². The number of aromatic nitrogens is 1. The van der Waals surface area contributed by atoms with Gasteiger partial charge in [0.25, 0.3) is 0 Å². The number of pyridine rings is 1. The van der Waals surface area contributed by atoms with Crippen LogP contribution in [0.15, 0.2) is 23.3 Å². The summed E-state index contributed by atoms with van der Waals surface area (Å²) >= 11 is 0. The molecule has 1 rings (SSSR count). The van der Waals surface area contributed by atoms with E-state index in [4.69, 9.17) is 0 Å². The van der Waals surface area contributed by atoms with Gasteiger partial charge in [-0.3, -0.25) is 9.98 Å². The Balaban J connectivity index is 2.55. The fraction of sp³-hybridized carbons (Fsp3) is 0.538. The van der Waals surface area contributed by atoms with Crippen molar-refractivity contribution in [2.45, 2.75) is 13.3 Å². The van der Waals surface area contributed by atoms with Gasteiger partial charge in [0.05, 0.1) is 0 Å². The zero-order chi connectivity index (χ0) is 12.8. The van der Waals surface area contributed by atoms with Crippen LogP contribution in [0, 0.1) is 6.92 Å². The summed E-state index contributed by atoms with van der Waals surface area (Å²) in [5, 5.41) is 0. The number of rotatable bonds is 3. The summed E-state index contributed by atoms with van der Waals surface area (Å²) in [6.07, 6.45) is 2.78. The molecule has 1 aromatic rings. The van der Waals surface area contributed by atoms with Gasteiger partial charge >= 0.3 is 0 Å². The van der Waals surface area contributed by atoms with Gasteiger partial charge in [0.2, 0.25) is 0 Å². The third-order valence-electron chi connectivity index (χ3n) is 2.39. The summed E-state index contributed by atoms with van der Waals surface area (Å²) in [5.74, 6) is 0.983. The highest BCUT2D eigenvalue weighted by Crippen LogP contribution is 2.00. The van der Waals surface area contributed by atoms with Crippen molar-refractivity contribution in [1.29, 1.82) is 0 Å². The average molecular weight is 234 g/mol. The Morgan fingerprint density at radius 3 is 2.29 bits per heavy atom. The molecule has 0 aliphatic carbocycles. The van der Waals surface area contributed by atoms with E-state index in [1.54, 1.807) is 0 Å². The first-order chi connectivity index (χ1) is 8.00. The van der Waals surface area contributed by atoms with Crippen molar-refractivity contribution in [3.63, 3.8) is 0 Å². The average Bonchev–Trinajstić information content (AvgIpc) is 2.25. The molecule has 1 heterocycles. The van der Waals surface area contributed by atoms with Crippen LogP contribution in [0.2, 0.25) is 0 Å². The molecule has 0 aliphatic rings. The third kappa shape index (κ3) is 4.43. The Bertz CT molecular complexity index is 356. The number of hydrogen-bond acceptors (Lipinski definition) is 2. The van der Waals surface area contributed by atoms with E-state index < -0.39 is 0 Å². The van der Waals surface area contributed by atoms with Crippen LogP contribution in [0.1, 0.15) is 11.3 Å². The fourth-order valence-corrected chi connectivity index (χ4v) is 1.60. The molecular formula is C13H22N4. The molecule has 4 nitrogen and oxygen atoms in total. The van der Waals surface area contributed by atoms with Crippen LogP contribution in [0.25, 0.3) is 0 Å². The summed E-state index contributed by atoms with van der Waals surface area (Å²) < 4.78 is 0. The molecule has 94 valence electrons. The van der Waals surface area contributed by atoms with E-state index >= 15 is 0 Å². The van der Waals surface area contributed by atoms with Gasteiger partial charge in [-0.15, -0.1) is 0 Å². The second kappa shape index (κ2) is 6.23. The molecule has 0 radical (unpaired) electrons. The summed E-state index contributed by atoms with van der Waals surface area (Å²) in [5.41, 5.74) is 2.29. The van der Waals surface area contributed by atoms with Gasteiger partial charge in [0.1, 0.15) is 0 Å². The SMILES string of the molecule is Cc1ccc(CCN=C(N(C)C)N(C)C)nc1. The maximum atomic E-state index is 4.57. The third-order valence-corrected chi connectivity index (χ3v) is 2.39. The fourth-order valence-electron chi connectivity index (χ4n) is 1.60. The predicted octanol–water partition coefficient (Wildman–Crippen LogP) is 1.41. The minimum absolute atomic E-state index is 0.766. The van der Waals surface area contributed by atoms with Crippen molar-refractivity contribution in [3.05, 3.63) is 29.6 Å². The molecule has 17 heavy (non-hydrogen) atoms. The van der Waals surface area contributed by atoms with Crippen LogP contribution in [-0.2, 0) is 6.42 Å². The maximum absolute atomic E-state index is 4.57. The van der Waals surface area contributed by atoms with Crippen molar-refractivity contribution >= 4 is 5.96 Å². The van der Waals surface area contributed by atoms with E-state index in [1.807, 2.05) is 51.1 Å². The van der Waals surface area contributed by atoms with Crippen molar-refractivity contribution in [2.75, 3.05) is 34.7 Å². The molecule has 0 N–H and O–H groups in total. The zero-order valence-corrected chi connectivity index (χ0v) is 11.4. The topological polar surface area (TPSA) is 31.7 Å². The lowest BCUT2D eigenvalue weighted by molar-refractivity contribution is 0.479. The Morgan fingerprint density at radius 1 is 1.18 bits per heavy atom. The molecule has 0 bridgehead atoms. The van der Waals surface area contributed by atoms with Crippen LogP contribution in [0.4, 0.5) is 0 Å². The lowest BCUT2D eigenvalue weighted by Crippen LogP contribution is -2.35. The minimum atomic E-state index is 0.766. The largest absolute Gasteiger partial charge is 0.349 e. The van der Waals surface area contributed by atoms with Gasteiger partial charge in [-0.05, 0) is 18.6 Å². The lowest BCUT2D eigenvalue weighted by atomic mass is 10.2. The van der Waals surface area contributed by atoms with Crippen molar-refractivity contribution in [1.82, 2.24) is 14.8 Å². The minimum Gasteiger partial charge on any atom is -0.349 e. The molecule has 0 amide bonds. The molecule has 0 aliphatic heterocycles. The summed E-state index contributed by atoms with van der Waals surface area (Å²) in [7, 11) is 8.01. The first-order valence-corrected chi connectivity index (χ1v) is 5.81. The Labute approximate surface area is 104 Å². The van der Waals surface area contributed by atoms with E-state index in [9.17, 15) is 0 Å². The molecule has 4 heteroatoms. The molecule has 0 spiro atoms. The Morgan fingerprint density at radius 2 is 1.82 bits per heavy atom. The summed E-state index contributed by atoms with van der Waals surface area (Å²) in [6, 6.07) is 4.15. The number of nitrogens with zero attached hydrogens (tertiary/aromatic N) is 4. The van der Waals surface area contributed by atoms with Gasteiger partial charge < -0.3 is 9.80 Å². The smallest absolute Gasteiger partial charge is 0.195 e. The van der Waals surface area contributed by atoms with Gasteiger partial charge in [-0.2, -0.15) is 0 Å². The summed E-state index contributed by atoms with van der Waals surface area (Å²) in [6.45, 7) is 2.81. The van der Waals surface area contributed by atoms with Crippen LogP contribution < -0.4 is 0 Å². The maximum Gasteiger partial charge on any atom is 0.195 e. The number of aliphatic imine (C=N–C) groups is 1. The van der Waals surface area contributed by atoms with Gasteiger partial charge in [-0.25, -0.2) is 0 Å². The highest BCUT2D eigenvalue weighted by molar-refractivity contribution is 5.79. The van der Waals surface area contributed by atoms with Crippen LogP contribution >= 0.6 is 0 Å². The van der Waals surface area contributed by atoms with E-state index in [0.717, 1.165) is 24.6 Å². The van der Waals surface area contributed by atoms with E-state index in [0.29, 0.717) is 0 Å². The first-order valence-electron chi connectivity index (χ1n) is 5.81. The van der Waals surface area contributed by atoms with Crippen LogP contribution in [0.5, 0.6) is 0 Å². The molecule has 0 unspecified atom stereocenters. The van der Waals surface area contributed by atoms with Crippen LogP contribution in [0.3, 0.4) is 0 Å². The quantitative estimate of drug-likeness (QED) is 0.585. The summed E-state index contributed by atoms with van der Waals surface area (Å²) in [4.78, 5) is 13.0. The standard InChI is InChI=1S/C13H22N4/c1-11-6-7-12(15-10-11)8-9-14-13(16(2)3)17(4)5/h6-7,10H,8-9H2,1-5H3.